The Morgan fingerprint density at radius 2 is 1.67 bits per heavy atom. The summed E-state index contributed by atoms with van der Waals surface area (Å²) >= 11 is 0. The maximum Gasteiger partial charge on any atom is 0.253 e. The summed E-state index contributed by atoms with van der Waals surface area (Å²) in [6.45, 7) is 1.48. The topological polar surface area (TPSA) is 87.2 Å². The molecule has 0 bridgehead atoms. The van der Waals surface area contributed by atoms with E-state index in [4.69, 9.17) is 0 Å². The van der Waals surface area contributed by atoms with Crippen LogP contribution in [0, 0.1) is 5.92 Å². The molecule has 1 aliphatic heterocycles. The zero-order valence-corrected chi connectivity index (χ0v) is 15.1. The first kappa shape index (κ1) is 17.5. The number of hydrogen-bond acceptors (Lipinski definition) is 5. The summed E-state index contributed by atoms with van der Waals surface area (Å²) in [5, 5.41) is 5.94. The second kappa shape index (κ2) is 7.73. The van der Waals surface area contributed by atoms with Gasteiger partial charge >= 0.3 is 0 Å². The number of para-hydroxylation sites is 1. The van der Waals surface area contributed by atoms with E-state index in [9.17, 15) is 9.59 Å². The second-order valence-electron chi connectivity index (χ2n) is 7.09. The van der Waals surface area contributed by atoms with E-state index in [2.05, 4.69) is 25.5 Å². The summed E-state index contributed by atoms with van der Waals surface area (Å²) in [7, 11) is 0. The summed E-state index contributed by atoms with van der Waals surface area (Å²) in [6, 6.07) is 9.26. The van der Waals surface area contributed by atoms with Crippen molar-refractivity contribution in [3.63, 3.8) is 0 Å². The maximum absolute atomic E-state index is 12.7. The zero-order chi connectivity index (χ0) is 18.6. The zero-order valence-electron chi connectivity index (χ0n) is 15.1. The number of nitrogens with zero attached hydrogens (tertiary/aromatic N) is 3. The normalized spacial score (nSPS) is 17.4. The Kier molecular flexibility index (Phi) is 5.00. The Hall–Kier alpha value is -2.96. The van der Waals surface area contributed by atoms with Crippen molar-refractivity contribution in [2.75, 3.05) is 23.3 Å². The molecule has 1 aromatic heterocycles. The van der Waals surface area contributed by atoms with Crippen LogP contribution < -0.4 is 15.5 Å². The summed E-state index contributed by atoms with van der Waals surface area (Å²) < 4.78 is 0. The van der Waals surface area contributed by atoms with Gasteiger partial charge in [-0.1, -0.05) is 12.1 Å². The van der Waals surface area contributed by atoms with Crippen LogP contribution >= 0.6 is 0 Å². The molecule has 27 heavy (non-hydrogen) atoms. The number of benzene rings is 1. The predicted molar refractivity (Wildman–Crippen MR) is 103 cm³/mol. The molecule has 2 fully saturated rings. The number of aromatic nitrogens is 2. The van der Waals surface area contributed by atoms with E-state index in [1.54, 1.807) is 30.6 Å². The first-order chi connectivity index (χ1) is 13.2. The lowest BCUT2D eigenvalue weighted by atomic mass is 9.96. The molecule has 1 aromatic carbocycles. The summed E-state index contributed by atoms with van der Waals surface area (Å²) in [5.41, 5.74) is 1.10. The molecule has 2 heterocycles. The molecule has 7 nitrogen and oxygen atoms in total. The molecular formula is C20H23N5O2. The summed E-state index contributed by atoms with van der Waals surface area (Å²) in [5.74, 6) is 0.475. The Morgan fingerprint density at radius 1 is 0.963 bits per heavy atom. The van der Waals surface area contributed by atoms with Gasteiger partial charge in [0.15, 0.2) is 0 Å². The molecule has 0 spiro atoms. The second-order valence-corrected chi connectivity index (χ2v) is 7.09. The van der Waals surface area contributed by atoms with Gasteiger partial charge in [-0.2, -0.15) is 0 Å². The minimum atomic E-state index is -0.121. The number of carbonyl (C=O) groups excluding carboxylic acids is 2. The first-order valence-corrected chi connectivity index (χ1v) is 9.43. The van der Waals surface area contributed by atoms with Crippen molar-refractivity contribution in [2.24, 2.45) is 5.92 Å². The van der Waals surface area contributed by atoms with Crippen LogP contribution in [-0.4, -0.2) is 40.9 Å². The lowest BCUT2D eigenvalue weighted by Gasteiger charge is -2.31. The van der Waals surface area contributed by atoms with E-state index in [0.29, 0.717) is 17.2 Å². The highest BCUT2D eigenvalue weighted by molar-refractivity contribution is 6.04. The van der Waals surface area contributed by atoms with Gasteiger partial charge in [0.05, 0.1) is 11.3 Å². The number of piperidine rings is 1. The van der Waals surface area contributed by atoms with Gasteiger partial charge in [0.25, 0.3) is 5.91 Å². The lowest BCUT2D eigenvalue weighted by Crippen LogP contribution is -2.39. The Bertz CT molecular complexity index is 814. The lowest BCUT2D eigenvalue weighted by molar-refractivity contribution is -0.120. The van der Waals surface area contributed by atoms with E-state index in [1.807, 2.05) is 12.1 Å². The number of hydrogen-bond donors (Lipinski definition) is 2. The fourth-order valence-electron chi connectivity index (χ4n) is 3.31. The fourth-order valence-corrected chi connectivity index (χ4v) is 3.31. The molecule has 1 saturated heterocycles. The largest absolute Gasteiger partial charge is 0.349 e. The van der Waals surface area contributed by atoms with Crippen molar-refractivity contribution >= 4 is 23.5 Å². The Morgan fingerprint density at radius 3 is 2.37 bits per heavy atom. The molecule has 0 radical (unpaired) electrons. The SMILES string of the molecule is O=C(NC1CC1)c1ccccc1NC(=O)C1CCN(c2ncccn2)CC1. The highest BCUT2D eigenvalue weighted by Gasteiger charge is 2.28. The number of carbonyl (C=O) groups is 2. The van der Waals surface area contributed by atoms with Crippen molar-refractivity contribution < 1.29 is 9.59 Å². The van der Waals surface area contributed by atoms with Crippen LogP contribution in [0.2, 0.25) is 0 Å². The van der Waals surface area contributed by atoms with Gasteiger partial charge < -0.3 is 15.5 Å². The van der Waals surface area contributed by atoms with Crippen molar-refractivity contribution in [2.45, 2.75) is 31.7 Å². The smallest absolute Gasteiger partial charge is 0.253 e. The molecule has 4 rings (SSSR count). The maximum atomic E-state index is 12.7. The van der Waals surface area contributed by atoms with Gasteiger partial charge in [-0.25, -0.2) is 9.97 Å². The molecule has 2 aromatic rings. The third kappa shape index (κ3) is 4.24. The fraction of sp³-hybridized carbons (Fsp3) is 0.400. The average Bonchev–Trinajstić information content (AvgIpc) is 3.53. The molecule has 1 aliphatic carbocycles. The van der Waals surface area contributed by atoms with Crippen LogP contribution in [0.5, 0.6) is 0 Å². The van der Waals surface area contributed by atoms with Gasteiger partial charge in [0.2, 0.25) is 11.9 Å². The van der Waals surface area contributed by atoms with E-state index in [1.165, 1.54) is 0 Å². The predicted octanol–water partition coefficient (Wildman–Crippen LogP) is 2.22. The van der Waals surface area contributed by atoms with Gasteiger partial charge in [-0.3, -0.25) is 9.59 Å². The number of amides is 2. The molecule has 7 heteroatoms. The van der Waals surface area contributed by atoms with Crippen LogP contribution in [0.3, 0.4) is 0 Å². The molecule has 2 aliphatic rings. The first-order valence-electron chi connectivity index (χ1n) is 9.43. The summed E-state index contributed by atoms with van der Waals surface area (Å²) in [4.78, 5) is 35.8. The standard InChI is InChI=1S/C20H23N5O2/c26-18(14-8-12-25(13-9-14)20-21-10-3-11-22-20)24-17-5-2-1-4-16(17)19(27)23-15-6-7-15/h1-5,10-11,14-15H,6-9,12-13H2,(H,23,27)(H,24,26). The summed E-state index contributed by atoms with van der Waals surface area (Å²) in [6.07, 6.45) is 6.99. The minimum absolute atomic E-state index is 0.0321. The van der Waals surface area contributed by atoms with Crippen LogP contribution in [0.1, 0.15) is 36.0 Å². The molecule has 2 amide bonds. The van der Waals surface area contributed by atoms with E-state index in [-0.39, 0.29) is 23.8 Å². The molecule has 140 valence electrons. The molecule has 2 N–H and O–H groups in total. The van der Waals surface area contributed by atoms with Crippen molar-refractivity contribution in [1.82, 2.24) is 15.3 Å². The Labute approximate surface area is 158 Å². The van der Waals surface area contributed by atoms with E-state index >= 15 is 0 Å². The molecule has 0 atom stereocenters. The molecular weight excluding hydrogens is 342 g/mol. The van der Waals surface area contributed by atoms with Crippen LogP contribution in [0.25, 0.3) is 0 Å². The van der Waals surface area contributed by atoms with Gasteiger partial charge in [0.1, 0.15) is 0 Å². The van der Waals surface area contributed by atoms with Crippen LogP contribution in [0.15, 0.2) is 42.7 Å². The third-order valence-corrected chi connectivity index (χ3v) is 5.04. The highest BCUT2D eigenvalue weighted by Crippen LogP contribution is 2.24. The Balaban J connectivity index is 1.36. The van der Waals surface area contributed by atoms with E-state index in [0.717, 1.165) is 38.8 Å². The monoisotopic (exact) mass is 365 g/mol. The quantitative estimate of drug-likeness (QED) is 0.848. The van der Waals surface area contributed by atoms with Gasteiger partial charge in [-0.15, -0.1) is 0 Å². The number of rotatable bonds is 5. The van der Waals surface area contributed by atoms with Crippen LogP contribution in [-0.2, 0) is 4.79 Å². The van der Waals surface area contributed by atoms with Crippen molar-refractivity contribution in [3.05, 3.63) is 48.3 Å². The number of anilines is 2. The molecule has 1 saturated carbocycles. The number of nitrogens with one attached hydrogen (secondary N) is 2. The van der Waals surface area contributed by atoms with Gasteiger partial charge in [-0.05, 0) is 43.9 Å². The van der Waals surface area contributed by atoms with Gasteiger partial charge in [0, 0.05) is 37.4 Å². The van der Waals surface area contributed by atoms with Crippen molar-refractivity contribution in [1.29, 1.82) is 0 Å². The van der Waals surface area contributed by atoms with E-state index < -0.39 is 0 Å². The van der Waals surface area contributed by atoms with Crippen molar-refractivity contribution in [3.8, 4) is 0 Å². The molecule has 0 unspecified atom stereocenters. The highest BCUT2D eigenvalue weighted by atomic mass is 16.2. The third-order valence-electron chi connectivity index (χ3n) is 5.04. The van der Waals surface area contributed by atoms with Crippen LogP contribution in [0.4, 0.5) is 11.6 Å². The minimum Gasteiger partial charge on any atom is -0.349 e. The average molecular weight is 365 g/mol.